The average Bonchev–Trinajstić information content (AvgIpc) is 2.87. The van der Waals surface area contributed by atoms with Crippen LogP contribution in [-0.2, 0) is 4.79 Å². The number of aryl methyl sites for hydroxylation is 2. The lowest BCUT2D eigenvalue weighted by atomic mass is 10.1. The Morgan fingerprint density at radius 3 is 2.81 bits per heavy atom. The van der Waals surface area contributed by atoms with Crippen molar-refractivity contribution in [2.45, 2.75) is 39.2 Å². The average molecular weight is 314 g/mol. The predicted octanol–water partition coefficient (Wildman–Crippen LogP) is 3.04. The normalized spacial score (nSPS) is 18.3. The number of nitrogens with zero attached hydrogens (tertiary/aromatic N) is 1. The monoisotopic (exact) mass is 313 g/mol. The highest BCUT2D eigenvalue weighted by Gasteiger charge is 2.29. The number of ether oxygens (including phenoxy) is 1. The summed E-state index contributed by atoms with van der Waals surface area (Å²) in [6, 6.07) is 5.80. The van der Waals surface area contributed by atoms with Crippen LogP contribution in [0.15, 0.2) is 18.2 Å². The van der Waals surface area contributed by atoms with Gasteiger partial charge in [-0.25, -0.2) is 0 Å². The third-order valence-corrected chi connectivity index (χ3v) is 3.99. The maximum atomic E-state index is 11.1. The van der Waals surface area contributed by atoms with E-state index in [1.165, 1.54) is 11.1 Å². The van der Waals surface area contributed by atoms with Crippen LogP contribution in [0.2, 0.25) is 0 Å². The van der Waals surface area contributed by atoms with Gasteiger partial charge in [0.1, 0.15) is 11.8 Å². The first kappa shape index (κ1) is 17.8. The molecule has 0 amide bonds. The van der Waals surface area contributed by atoms with Crippen molar-refractivity contribution in [3.05, 3.63) is 29.3 Å². The molecule has 1 aromatic carbocycles. The fourth-order valence-electron chi connectivity index (χ4n) is 2.63. The standard InChI is InChI=1S/C16H23NO3.ClH/c1-12-6-7-14(11-13(12)2)20-10-4-9-17-8-3-5-15(17)16(18)19;/h6-7,11,15H,3-5,8-10H2,1-2H3,(H,18,19);1H/t15-;/m1./s1. The zero-order valence-electron chi connectivity index (χ0n) is 12.7. The summed E-state index contributed by atoms with van der Waals surface area (Å²) in [5.41, 5.74) is 2.49. The van der Waals surface area contributed by atoms with Crippen molar-refractivity contribution in [3.8, 4) is 5.75 Å². The molecule has 0 bridgehead atoms. The Kier molecular flexibility index (Phi) is 6.99. The van der Waals surface area contributed by atoms with Crippen LogP contribution in [0, 0.1) is 13.8 Å². The van der Waals surface area contributed by atoms with Gasteiger partial charge in [0.25, 0.3) is 0 Å². The topological polar surface area (TPSA) is 49.8 Å². The largest absolute Gasteiger partial charge is 0.494 e. The maximum Gasteiger partial charge on any atom is 0.320 e. The summed E-state index contributed by atoms with van der Waals surface area (Å²) in [6.45, 7) is 6.47. The molecule has 1 heterocycles. The lowest BCUT2D eigenvalue weighted by molar-refractivity contribution is -0.142. The molecule has 1 atom stereocenters. The molecule has 0 saturated carbocycles. The van der Waals surface area contributed by atoms with E-state index in [0.717, 1.165) is 38.1 Å². The summed E-state index contributed by atoms with van der Waals surface area (Å²) >= 11 is 0. The molecular weight excluding hydrogens is 290 g/mol. The first-order chi connectivity index (χ1) is 9.58. The number of halogens is 1. The van der Waals surface area contributed by atoms with Crippen LogP contribution in [0.3, 0.4) is 0 Å². The molecular formula is C16H24ClNO3. The number of likely N-dealkylation sites (tertiary alicyclic amines) is 1. The third kappa shape index (κ3) is 4.90. The fourth-order valence-corrected chi connectivity index (χ4v) is 2.63. The van der Waals surface area contributed by atoms with E-state index in [2.05, 4.69) is 19.9 Å². The smallest absolute Gasteiger partial charge is 0.320 e. The SMILES string of the molecule is Cc1ccc(OCCCN2CCC[C@@H]2C(=O)O)cc1C.Cl. The Labute approximate surface area is 132 Å². The van der Waals surface area contributed by atoms with Crippen molar-refractivity contribution in [3.63, 3.8) is 0 Å². The number of rotatable bonds is 6. The number of hydrogen-bond donors (Lipinski definition) is 1. The van der Waals surface area contributed by atoms with E-state index in [-0.39, 0.29) is 18.4 Å². The minimum atomic E-state index is -0.697. The second-order valence-corrected chi connectivity index (χ2v) is 5.48. The van der Waals surface area contributed by atoms with Crippen LogP contribution in [-0.4, -0.2) is 41.7 Å². The zero-order valence-corrected chi connectivity index (χ0v) is 13.5. The molecule has 1 aromatic rings. The Morgan fingerprint density at radius 1 is 1.38 bits per heavy atom. The van der Waals surface area contributed by atoms with Crippen molar-refractivity contribution in [1.82, 2.24) is 4.90 Å². The Morgan fingerprint density at radius 2 is 2.14 bits per heavy atom. The van der Waals surface area contributed by atoms with Gasteiger partial charge in [-0.15, -0.1) is 12.4 Å². The van der Waals surface area contributed by atoms with Gasteiger partial charge in [0.05, 0.1) is 6.61 Å². The summed E-state index contributed by atoms with van der Waals surface area (Å²) in [7, 11) is 0. The molecule has 0 aromatic heterocycles. The molecule has 1 N–H and O–H groups in total. The number of benzene rings is 1. The molecule has 0 spiro atoms. The van der Waals surface area contributed by atoms with Gasteiger partial charge < -0.3 is 9.84 Å². The number of aliphatic carboxylic acids is 1. The fraction of sp³-hybridized carbons (Fsp3) is 0.562. The van der Waals surface area contributed by atoms with Crippen molar-refractivity contribution in [2.24, 2.45) is 0 Å². The van der Waals surface area contributed by atoms with E-state index in [0.29, 0.717) is 6.61 Å². The van der Waals surface area contributed by atoms with Crippen molar-refractivity contribution >= 4 is 18.4 Å². The van der Waals surface area contributed by atoms with Gasteiger partial charge in [-0.05, 0) is 62.9 Å². The summed E-state index contributed by atoms with van der Waals surface area (Å²) in [5, 5.41) is 9.10. The zero-order chi connectivity index (χ0) is 14.5. The summed E-state index contributed by atoms with van der Waals surface area (Å²) < 4.78 is 5.72. The molecule has 1 fully saturated rings. The summed E-state index contributed by atoms with van der Waals surface area (Å²) in [4.78, 5) is 13.1. The molecule has 0 unspecified atom stereocenters. The van der Waals surface area contributed by atoms with E-state index in [9.17, 15) is 4.79 Å². The third-order valence-electron chi connectivity index (χ3n) is 3.99. The van der Waals surface area contributed by atoms with E-state index in [1.54, 1.807) is 0 Å². The van der Waals surface area contributed by atoms with Crippen LogP contribution in [0.4, 0.5) is 0 Å². The van der Waals surface area contributed by atoms with Crippen LogP contribution in [0.25, 0.3) is 0 Å². The highest BCUT2D eigenvalue weighted by molar-refractivity contribution is 5.85. The number of hydrogen-bond acceptors (Lipinski definition) is 3. The lowest BCUT2D eigenvalue weighted by Crippen LogP contribution is -2.36. The van der Waals surface area contributed by atoms with Gasteiger partial charge >= 0.3 is 5.97 Å². The van der Waals surface area contributed by atoms with Crippen molar-refractivity contribution in [1.29, 1.82) is 0 Å². The molecule has 118 valence electrons. The second-order valence-electron chi connectivity index (χ2n) is 5.48. The van der Waals surface area contributed by atoms with E-state index >= 15 is 0 Å². The minimum absolute atomic E-state index is 0. The highest BCUT2D eigenvalue weighted by atomic mass is 35.5. The Balaban J connectivity index is 0.00000220. The Hall–Kier alpha value is -1.26. The number of carboxylic acid groups (broad SMARTS) is 1. The van der Waals surface area contributed by atoms with Crippen LogP contribution < -0.4 is 4.74 Å². The van der Waals surface area contributed by atoms with Crippen LogP contribution in [0.1, 0.15) is 30.4 Å². The van der Waals surface area contributed by atoms with E-state index in [1.807, 2.05) is 17.0 Å². The molecule has 21 heavy (non-hydrogen) atoms. The van der Waals surface area contributed by atoms with Gasteiger partial charge in [0.15, 0.2) is 0 Å². The van der Waals surface area contributed by atoms with Crippen LogP contribution in [0.5, 0.6) is 5.75 Å². The summed E-state index contributed by atoms with van der Waals surface area (Å²) in [5.74, 6) is 0.196. The predicted molar refractivity (Wildman–Crippen MR) is 85.5 cm³/mol. The molecule has 0 radical (unpaired) electrons. The van der Waals surface area contributed by atoms with E-state index in [4.69, 9.17) is 9.84 Å². The molecule has 1 aliphatic heterocycles. The van der Waals surface area contributed by atoms with Crippen molar-refractivity contribution < 1.29 is 14.6 Å². The number of carbonyl (C=O) groups is 1. The van der Waals surface area contributed by atoms with Crippen molar-refractivity contribution in [2.75, 3.05) is 19.7 Å². The van der Waals surface area contributed by atoms with E-state index < -0.39 is 5.97 Å². The summed E-state index contributed by atoms with van der Waals surface area (Å²) in [6.07, 6.45) is 2.61. The van der Waals surface area contributed by atoms with Gasteiger partial charge in [-0.3, -0.25) is 9.69 Å². The van der Waals surface area contributed by atoms with Gasteiger partial charge in [0.2, 0.25) is 0 Å². The van der Waals surface area contributed by atoms with Gasteiger partial charge in [-0.2, -0.15) is 0 Å². The first-order valence-electron chi connectivity index (χ1n) is 7.25. The quantitative estimate of drug-likeness (QED) is 0.820. The second kappa shape index (κ2) is 8.25. The van der Waals surface area contributed by atoms with Gasteiger partial charge in [0, 0.05) is 6.54 Å². The first-order valence-corrected chi connectivity index (χ1v) is 7.25. The number of carboxylic acids is 1. The molecule has 4 nitrogen and oxygen atoms in total. The molecule has 5 heteroatoms. The lowest BCUT2D eigenvalue weighted by Gasteiger charge is -2.20. The molecule has 2 rings (SSSR count). The molecule has 0 aliphatic carbocycles. The van der Waals surface area contributed by atoms with Crippen LogP contribution >= 0.6 is 12.4 Å². The molecule has 1 aliphatic rings. The maximum absolute atomic E-state index is 11.1. The van der Waals surface area contributed by atoms with Gasteiger partial charge in [-0.1, -0.05) is 6.07 Å². The Bertz CT molecular complexity index is 479. The minimum Gasteiger partial charge on any atom is -0.494 e. The molecule has 1 saturated heterocycles. The highest BCUT2D eigenvalue weighted by Crippen LogP contribution is 2.19.